The maximum atomic E-state index is 12.1. The van der Waals surface area contributed by atoms with Crippen molar-refractivity contribution < 1.29 is 13.2 Å². The van der Waals surface area contributed by atoms with Crippen molar-refractivity contribution in [1.29, 1.82) is 0 Å². The first-order chi connectivity index (χ1) is 11.6. The minimum atomic E-state index is -3.43. The second-order valence-corrected chi connectivity index (χ2v) is 8.06. The van der Waals surface area contributed by atoms with Crippen LogP contribution in [0, 0.1) is 0 Å². The fourth-order valence-electron chi connectivity index (χ4n) is 3.49. The first kappa shape index (κ1) is 15.5. The molecule has 1 N–H and O–H groups in total. The number of hydrogen-bond acceptors (Lipinski definition) is 4. The van der Waals surface area contributed by atoms with E-state index in [1.807, 2.05) is 6.07 Å². The SMILES string of the molecule is CNS(=O)(=O)c1ccc2c(c1)N(Cc1cccc3c1OCC3)CC2. The monoisotopic (exact) mass is 344 g/mol. The van der Waals surface area contributed by atoms with E-state index in [1.54, 1.807) is 12.1 Å². The zero-order valence-corrected chi connectivity index (χ0v) is 14.4. The normalized spacial score (nSPS) is 16.0. The Hall–Kier alpha value is -2.05. The van der Waals surface area contributed by atoms with Crippen molar-refractivity contribution >= 4 is 15.7 Å². The van der Waals surface area contributed by atoms with E-state index in [9.17, 15) is 8.42 Å². The van der Waals surface area contributed by atoms with Crippen molar-refractivity contribution in [2.75, 3.05) is 25.1 Å². The molecule has 0 bridgehead atoms. The number of nitrogens with zero attached hydrogens (tertiary/aromatic N) is 1. The molecule has 5 nitrogen and oxygen atoms in total. The standard InChI is InChI=1S/C18H20N2O3S/c1-19-24(21,22)16-6-5-13-7-9-20(17(13)11-16)12-15-4-2-3-14-8-10-23-18(14)15/h2-6,11,19H,7-10,12H2,1H3. The van der Waals surface area contributed by atoms with E-state index < -0.39 is 10.0 Å². The molecule has 24 heavy (non-hydrogen) atoms. The molecule has 0 radical (unpaired) electrons. The van der Waals surface area contributed by atoms with Crippen LogP contribution in [-0.4, -0.2) is 28.6 Å². The van der Waals surface area contributed by atoms with Crippen LogP contribution in [0.25, 0.3) is 0 Å². The van der Waals surface area contributed by atoms with Crippen LogP contribution in [0.3, 0.4) is 0 Å². The third kappa shape index (κ3) is 2.56. The Balaban J connectivity index is 1.67. The molecule has 0 aliphatic carbocycles. The first-order valence-electron chi connectivity index (χ1n) is 8.13. The van der Waals surface area contributed by atoms with Gasteiger partial charge in [-0.2, -0.15) is 0 Å². The third-order valence-electron chi connectivity index (χ3n) is 4.78. The van der Waals surface area contributed by atoms with Gasteiger partial charge in [0.05, 0.1) is 11.5 Å². The van der Waals surface area contributed by atoms with Gasteiger partial charge in [-0.25, -0.2) is 13.1 Å². The van der Waals surface area contributed by atoms with Crippen LogP contribution < -0.4 is 14.4 Å². The van der Waals surface area contributed by atoms with Crippen molar-refractivity contribution in [2.24, 2.45) is 0 Å². The molecule has 2 aromatic carbocycles. The van der Waals surface area contributed by atoms with E-state index in [-0.39, 0.29) is 0 Å². The van der Waals surface area contributed by atoms with Crippen molar-refractivity contribution in [3.05, 3.63) is 53.1 Å². The lowest BCUT2D eigenvalue weighted by atomic mass is 10.1. The molecule has 2 heterocycles. The Bertz CT molecular complexity index is 893. The average molecular weight is 344 g/mol. The van der Waals surface area contributed by atoms with Gasteiger partial charge in [0.1, 0.15) is 5.75 Å². The smallest absolute Gasteiger partial charge is 0.240 e. The summed E-state index contributed by atoms with van der Waals surface area (Å²) in [5, 5.41) is 0. The number of rotatable bonds is 4. The molecule has 0 saturated carbocycles. The second kappa shape index (κ2) is 5.79. The first-order valence-corrected chi connectivity index (χ1v) is 9.62. The maximum Gasteiger partial charge on any atom is 0.240 e. The summed E-state index contributed by atoms with van der Waals surface area (Å²) in [4.78, 5) is 2.55. The number of anilines is 1. The number of para-hydroxylation sites is 1. The summed E-state index contributed by atoms with van der Waals surface area (Å²) < 4.78 is 32.3. The lowest BCUT2D eigenvalue weighted by molar-refractivity contribution is 0.353. The Morgan fingerprint density at radius 2 is 2.04 bits per heavy atom. The van der Waals surface area contributed by atoms with Crippen LogP contribution in [0.5, 0.6) is 5.75 Å². The molecule has 6 heteroatoms. The lowest BCUT2D eigenvalue weighted by Crippen LogP contribution is -2.21. The van der Waals surface area contributed by atoms with Crippen molar-refractivity contribution in [1.82, 2.24) is 4.72 Å². The summed E-state index contributed by atoms with van der Waals surface area (Å²) in [7, 11) is -1.99. The van der Waals surface area contributed by atoms with Crippen molar-refractivity contribution in [3.63, 3.8) is 0 Å². The molecule has 4 rings (SSSR count). The van der Waals surface area contributed by atoms with E-state index in [4.69, 9.17) is 4.74 Å². The van der Waals surface area contributed by atoms with E-state index in [1.165, 1.54) is 23.7 Å². The fourth-order valence-corrected chi connectivity index (χ4v) is 4.24. The molecule has 0 amide bonds. The molecule has 2 aromatic rings. The van der Waals surface area contributed by atoms with E-state index in [0.717, 1.165) is 44.0 Å². The van der Waals surface area contributed by atoms with Gasteiger partial charge in [-0.3, -0.25) is 0 Å². The number of sulfonamides is 1. The van der Waals surface area contributed by atoms with Gasteiger partial charge in [0.2, 0.25) is 10.0 Å². The highest BCUT2D eigenvalue weighted by Gasteiger charge is 2.24. The zero-order valence-electron chi connectivity index (χ0n) is 13.6. The van der Waals surface area contributed by atoms with Crippen molar-refractivity contribution in [2.45, 2.75) is 24.3 Å². The van der Waals surface area contributed by atoms with E-state index in [0.29, 0.717) is 4.90 Å². The number of fused-ring (bicyclic) bond motifs is 2. The topological polar surface area (TPSA) is 58.6 Å². The summed E-state index contributed by atoms with van der Waals surface area (Å²) in [6, 6.07) is 11.7. The molecule has 126 valence electrons. The van der Waals surface area contributed by atoms with Gasteiger partial charge in [0.25, 0.3) is 0 Å². The molecule has 0 aromatic heterocycles. The Morgan fingerprint density at radius 1 is 1.17 bits per heavy atom. The fraction of sp³-hybridized carbons (Fsp3) is 0.333. The molecule has 2 aliphatic heterocycles. The van der Waals surface area contributed by atoms with Gasteiger partial charge in [0, 0.05) is 30.8 Å². The summed E-state index contributed by atoms with van der Waals surface area (Å²) in [6.45, 7) is 2.37. The summed E-state index contributed by atoms with van der Waals surface area (Å²) in [6.07, 6.45) is 1.90. The minimum absolute atomic E-state index is 0.310. The third-order valence-corrected chi connectivity index (χ3v) is 6.20. The molecule has 2 aliphatic rings. The van der Waals surface area contributed by atoms with Crippen LogP contribution in [0.4, 0.5) is 5.69 Å². The van der Waals surface area contributed by atoms with Crippen LogP contribution in [0.1, 0.15) is 16.7 Å². The maximum absolute atomic E-state index is 12.1. The van der Waals surface area contributed by atoms with Gasteiger partial charge in [-0.15, -0.1) is 0 Å². The quantitative estimate of drug-likeness (QED) is 0.923. The highest BCUT2D eigenvalue weighted by atomic mass is 32.2. The number of nitrogens with one attached hydrogen (secondary N) is 1. The van der Waals surface area contributed by atoms with Crippen LogP contribution in [-0.2, 0) is 29.4 Å². The number of ether oxygens (including phenoxy) is 1. The van der Waals surface area contributed by atoms with Crippen molar-refractivity contribution in [3.8, 4) is 5.75 Å². The van der Waals surface area contributed by atoms with Crippen LogP contribution >= 0.6 is 0 Å². The van der Waals surface area contributed by atoms with Gasteiger partial charge < -0.3 is 9.64 Å². The zero-order chi connectivity index (χ0) is 16.7. The number of hydrogen-bond donors (Lipinski definition) is 1. The van der Waals surface area contributed by atoms with Gasteiger partial charge in [-0.05, 0) is 36.7 Å². The van der Waals surface area contributed by atoms with E-state index in [2.05, 4.69) is 27.8 Å². The second-order valence-electron chi connectivity index (χ2n) is 6.17. The predicted molar refractivity (Wildman–Crippen MR) is 93.1 cm³/mol. The van der Waals surface area contributed by atoms with Crippen LogP contribution in [0.15, 0.2) is 41.3 Å². The lowest BCUT2D eigenvalue weighted by Gasteiger charge is -2.21. The molecule has 0 atom stereocenters. The molecule has 0 spiro atoms. The molecule has 0 fully saturated rings. The van der Waals surface area contributed by atoms with Crippen LogP contribution in [0.2, 0.25) is 0 Å². The summed E-state index contributed by atoms with van der Waals surface area (Å²) in [5.41, 5.74) is 4.62. The Morgan fingerprint density at radius 3 is 2.88 bits per heavy atom. The Kier molecular flexibility index (Phi) is 3.73. The minimum Gasteiger partial charge on any atom is -0.493 e. The Labute approximate surface area is 142 Å². The predicted octanol–water partition coefficient (Wildman–Crippen LogP) is 2.09. The highest BCUT2D eigenvalue weighted by Crippen LogP contribution is 2.35. The van der Waals surface area contributed by atoms with E-state index >= 15 is 0 Å². The molecular weight excluding hydrogens is 324 g/mol. The van der Waals surface area contributed by atoms with Gasteiger partial charge in [0.15, 0.2) is 0 Å². The molecular formula is C18H20N2O3S. The molecule has 0 saturated heterocycles. The van der Waals surface area contributed by atoms with Gasteiger partial charge in [-0.1, -0.05) is 24.3 Å². The number of benzene rings is 2. The largest absolute Gasteiger partial charge is 0.493 e. The average Bonchev–Trinajstić information content (AvgIpc) is 3.22. The summed E-state index contributed by atoms with van der Waals surface area (Å²) >= 11 is 0. The highest BCUT2D eigenvalue weighted by molar-refractivity contribution is 7.89. The van der Waals surface area contributed by atoms with Gasteiger partial charge >= 0.3 is 0 Å². The summed E-state index contributed by atoms with van der Waals surface area (Å²) in [5.74, 6) is 1.00. The molecule has 0 unspecified atom stereocenters.